The summed E-state index contributed by atoms with van der Waals surface area (Å²) in [5.41, 5.74) is 0.276. The topological polar surface area (TPSA) is 38.3 Å². The number of ether oxygens (including phenoxy) is 1. The summed E-state index contributed by atoms with van der Waals surface area (Å²) in [7, 11) is 1.34. The van der Waals surface area contributed by atoms with Crippen LogP contribution in [0.2, 0.25) is 10.0 Å². The van der Waals surface area contributed by atoms with E-state index in [-0.39, 0.29) is 0 Å². The van der Waals surface area contributed by atoms with Crippen molar-refractivity contribution in [1.82, 2.24) is 0 Å². The highest BCUT2D eigenvalue weighted by Gasteiger charge is 2.38. The summed E-state index contributed by atoms with van der Waals surface area (Å²) in [6.45, 7) is 1.72. The van der Waals surface area contributed by atoms with Gasteiger partial charge in [0.2, 0.25) is 0 Å². The molecule has 0 radical (unpaired) electrons. The molecule has 1 atom stereocenters. The third kappa shape index (κ3) is 3.31. The van der Waals surface area contributed by atoms with Crippen molar-refractivity contribution in [3.63, 3.8) is 0 Å². The summed E-state index contributed by atoms with van der Waals surface area (Å²) in [5, 5.41) is 4.09. The van der Waals surface area contributed by atoms with Crippen molar-refractivity contribution in [2.45, 2.75) is 12.5 Å². The van der Waals surface area contributed by atoms with E-state index >= 15 is 0 Å². The average molecular weight is 324 g/mol. The lowest BCUT2D eigenvalue weighted by molar-refractivity contribution is -0.145. The number of carbonyl (C=O) groups excluding carboxylic acids is 1. The molecular formula is C16H15Cl2NO2. The number of carbonyl (C=O) groups is 1. The smallest absolute Gasteiger partial charge is 0.335 e. The molecule has 3 nitrogen and oxygen atoms in total. The molecule has 0 aliphatic carbocycles. The number of para-hydroxylation sites is 1. The molecule has 0 aliphatic rings. The van der Waals surface area contributed by atoms with Crippen LogP contribution in [0.3, 0.4) is 0 Å². The molecule has 0 spiro atoms. The predicted octanol–water partition coefficient (Wildman–Crippen LogP) is 4.49. The molecule has 2 aromatic rings. The molecule has 0 heterocycles. The zero-order valence-corrected chi connectivity index (χ0v) is 13.2. The number of hydrogen-bond donors (Lipinski definition) is 1. The first kappa shape index (κ1) is 15.7. The van der Waals surface area contributed by atoms with Crippen LogP contribution in [0.15, 0.2) is 48.5 Å². The fourth-order valence-electron chi connectivity index (χ4n) is 2.14. The van der Waals surface area contributed by atoms with Crippen molar-refractivity contribution in [2.75, 3.05) is 12.4 Å². The van der Waals surface area contributed by atoms with Crippen molar-refractivity contribution in [1.29, 1.82) is 0 Å². The van der Waals surface area contributed by atoms with Gasteiger partial charge in [0.15, 0.2) is 5.54 Å². The van der Waals surface area contributed by atoms with Crippen LogP contribution >= 0.6 is 23.2 Å². The Morgan fingerprint density at radius 3 is 2.38 bits per heavy atom. The molecule has 0 aromatic heterocycles. The Kier molecular flexibility index (Phi) is 4.76. The fourth-order valence-corrected chi connectivity index (χ4v) is 2.74. The molecule has 5 heteroatoms. The Hall–Kier alpha value is -1.71. The number of nitrogens with one attached hydrogen (secondary N) is 1. The summed E-state index contributed by atoms with van der Waals surface area (Å²) in [6.07, 6.45) is 0. The third-order valence-corrected chi connectivity index (χ3v) is 3.78. The Morgan fingerprint density at radius 2 is 1.81 bits per heavy atom. The van der Waals surface area contributed by atoms with Gasteiger partial charge >= 0.3 is 5.97 Å². The van der Waals surface area contributed by atoms with Crippen LogP contribution in [-0.2, 0) is 15.1 Å². The maximum Gasteiger partial charge on any atom is 0.335 e. The number of rotatable bonds is 4. The normalized spacial score (nSPS) is 13.3. The van der Waals surface area contributed by atoms with Crippen molar-refractivity contribution in [3.8, 4) is 0 Å². The van der Waals surface area contributed by atoms with Crippen molar-refractivity contribution in [2.24, 2.45) is 0 Å². The number of esters is 1. The quantitative estimate of drug-likeness (QED) is 0.842. The second-order valence-electron chi connectivity index (χ2n) is 4.73. The van der Waals surface area contributed by atoms with Crippen LogP contribution in [0.1, 0.15) is 12.5 Å². The lowest BCUT2D eigenvalue weighted by Gasteiger charge is -2.30. The summed E-state index contributed by atoms with van der Waals surface area (Å²) in [6, 6.07) is 14.4. The maximum atomic E-state index is 12.3. The monoisotopic (exact) mass is 323 g/mol. The van der Waals surface area contributed by atoms with Gasteiger partial charge in [0.05, 0.1) is 7.11 Å². The van der Waals surface area contributed by atoms with Crippen LogP contribution in [0.25, 0.3) is 0 Å². The molecule has 2 rings (SSSR count). The van der Waals surface area contributed by atoms with Gasteiger partial charge < -0.3 is 10.1 Å². The first-order valence-corrected chi connectivity index (χ1v) is 7.10. The minimum Gasteiger partial charge on any atom is -0.467 e. The zero-order valence-electron chi connectivity index (χ0n) is 11.7. The number of halogens is 2. The Bertz CT molecular complexity index is 646. The number of hydrogen-bond acceptors (Lipinski definition) is 3. The molecule has 0 fully saturated rings. The maximum absolute atomic E-state index is 12.3. The van der Waals surface area contributed by atoms with E-state index in [0.29, 0.717) is 15.6 Å². The highest BCUT2D eigenvalue weighted by Crippen LogP contribution is 2.34. The van der Waals surface area contributed by atoms with Gasteiger partial charge in [-0.2, -0.15) is 0 Å². The molecule has 0 saturated heterocycles. The van der Waals surface area contributed by atoms with Gasteiger partial charge in [-0.15, -0.1) is 0 Å². The van der Waals surface area contributed by atoms with Crippen LogP contribution in [0.4, 0.5) is 5.69 Å². The number of anilines is 1. The van der Waals surface area contributed by atoms with Crippen LogP contribution in [0, 0.1) is 0 Å². The number of benzene rings is 2. The van der Waals surface area contributed by atoms with E-state index in [2.05, 4.69) is 5.32 Å². The Balaban J connectivity index is 2.49. The van der Waals surface area contributed by atoms with Gasteiger partial charge in [-0.3, -0.25) is 0 Å². The lowest BCUT2D eigenvalue weighted by atomic mass is 9.91. The molecular weight excluding hydrogens is 309 g/mol. The first-order chi connectivity index (χ1) is 9.97. The van der Waals surface area contributed by atoms with Crippen LogP contribution in [0.5, 0.6) is 0 Å². The van der Waals surface area contributed by atoms with Gasteiger partial charge in [0.1, 0.15) is 0 Å². The minimum atomic E-state index is -1.11. The zero-order chi connectivity index (χ0) is 15.5. The summed E-state index contributed by atoms with van der Waals surface area (Å²) >= 11 is 12.2. The summed E-state index contributed by atoms with van der Waals surface area (Å²) in [4.78, 5) is 12.3. The molecule has 0 aliphatic heterocycles. The minimum absolute atomic E-state index is 0.402. The van der Waals surface area contributed by atoms with E-state index in [1.165, 1.54) is 7.11 Å². The van der Waals surface area contributed by atoms with Gasteiger partial charge in [-0.25, -0.2) is 4.79 Å². The average Bonchev–Trinajstić information content (AvgIpc) is 2.47. The highest BCUT2D eigenvalue weighted by molar-refractivity contribution is 6.35. The highest BCUT2D eigenvalue weighted by atomic mass is 35.5. The summed E-state index contributed by atoms with van der Waals surface area (Å²) < 4.78 is 4.93. The van der Waals surface area contributed by atoms with E-state index in [0.717, 1.165) is 5.69 Å². The van der Waals surface area contributed by atoms with Gasteiger partial charge in [-0.05, 0) is 31.2 Å². The van der Waals surface area contributed by atoms with Crippen molar-refractivity contribution < 1.29 is 9.53 Å². The number of methoxy groups -OCH3 is 1. The fraction of sp³-hybridized carbons (Fsp3) is 0.188. The molecule has 0 bridgehead atoms. The standard InChI is InChI=1S/C16H15Cl2NO2/c1-16(15(20)21-2,19-12-6-4-3-5-7-12)13-9-8-11(17)10-14(13)18/h3-10,19H,1-2H3. The molecule has 0 saturated carbocycles. The molecule has 2 aromatic carbocycles. The molecule has 1 unspecified atom stereocenters. The second kappa shape index (κ2) is 6.37. The van der Waals surface area contributed by atoms with Crippen molar-refractivity contribution in [3.05, 3.63) is 64.1 Å². The molecule has 110 valence electrons. The van der Waals surface area contributed by atoms with E-state index in [1.54, 1.807) is 25.1 Å². The Labute approximate surface area is 133 Å². The van der Waals surface area contributed by atoms with Gasteiger partial charge in [0, 0.05) is 21.3 Å². The van der Waals surface area contributed by atoms with Gasteiger partial charge in [-0.1, -0.05) is 47.5 Å². The van der Waals surface area contributed by atoms with E-state index in [4.69, 9.17) is 27.9 Å². The van der Waals surface area contributed by atoms with Gasteiger partial charge in [0.25, 0.3) is 0 Å². The van der Waals surface area contributed by atoms with E-state index in [9.17, 15) is 4.79 Å². The van der Waals surface area contributed by atoms with Crippen LogP contribution in [-0.4, -0.2) is 13.1 Å². The predicted molar refractivity (Wildman–Crippen MR) is 85.9 cm³/mol. The third-order valence-electron chi connectivity index (χ3n) is 3.23. The van der Waals surface area contributed by atoms with E-state index < -0.39 is 11.5 Å². The molecule has 1 N–H and O–H groups in total. The molecule has 21 heavy (non-hydrogen) atoms. The second-order valence-corrected chi connectivity index (χ2v) is 5.58. The van der Waals surface area contributed by atoms with E-state index in [1.807, 2.05) is 30.3 Å². The van der Waals surface area contributed by atoms with Crippen molar-refractivity contribution >= 4 is 34.9 Å². The first-order valence-electron chi connectivity index (χ1n) is 6.34. The Morgan fingerprint density at radius 1 is 1.14 bits per heavy atom. The largest absolute Gasteiger partial charge is 0.467 e. The SMILES string of the molecule is COC(=O)C(C)(Nc1ccccc1)c1ccc(Cl)cc1Cl. The molecule has 0 amide bonds. The summed E-state index contributed by atoms with van der Waals surface area (Å²) in [5.74, 6) is -0.435. The van der Waals surface area contributed by atoms with Crippen LogP contribution < -0.4 is 5.32 Å². The lowest BCUT2D eigenvalue weighted by Crippen LogP contribution is -2.41.